The van der Waals surface area contributed by atoms with E-state index in [9.17, 15) is 9.59 Å². The number of carbonyl (C=O) groups excluding carboxylic acids is 2. The Bertz CT molecular complexity index is 604. The molecule has 1 aromatic rings. The Balaban J connectivity index is 2.06. The van der Waals surface area contributed by atoms with E-state index in [2.05, 4.69) is 36.0 Å². The van der Waals surface area contributed by atoms with Crippen LogP contribution in [0.25, 0.3) is 0 Å². The van der Waals surface area contributed by atoms with Crippen LogP contribution in [0.1, 0.15) is 44.0 Å². The number of nitrogens with zero attached hydrogens (tertiary/aromatic N) is 3. The fourth-order valence-corrected chi connectivity index (χ4v) is 3.19. The van der Waals surface area contributed by atoms with E-state index in [1.165, 1.54) is 4.90 Å². The Hall–Kier alpha value is -1.66. The maximum absolute atomic E-state index is 12.5. The number of carbonyl (C=O) groups is 2. The summed E-state index contributed by atoms with van der Waals surface area (Å²) in [7, 11) is 0. The van der Waals surface area contributed by atoms with Crippen LogP contribution in [0.15, 0.2) is 12.1 Å². The zero-order valence-electron chi connectivity index (χ0n) is 14.5. The Morgan fingerprint density at radius 2 is 2.12 bits per heavy atom. The predicted molar refractivity (Wildman–Crippen MR) is 95.9 cm³/mol. The fraction of sp³-hybridized carbons (Fsp3) is 0.588. The third-order valence-corrected chi connectivity index (χ3v) is 4.65. The molecule has 0 bridgehead atoms. The monoisotopic (exact) mass is 352 g/mol. The molecular formula is C17H25ClN4O2. The molecule has 2 amide bonds. The molecule has 1 atom stereocenters. The largest absolute Gasteiger partial charge is 0.336 e. The van der Waals surface area contributed by atoms with Gasteiger partial charge < -0.3 is 10.2 Å². The Kier molecular flexibility index (Phi) is 6.57. The van der Waals surface area contributed by atoms with Gasteiger partial charge in [0, 0.05) is 31.1 Å². The van der Waals surface area contributed by atoms with Crippen LogP contribution < -0.4 is 10.2 Å². The number of nitrogens with one attached hydrogen (secondary N) is 1. The third kappa shape index (κ3) is 4.45. The maximum atomic E-state index is 12.5. The van der Waals surface area contributed by atoms with Crippen molar-refractivity contribution in [3.05, 3.63) is 22.8 Å². The van der Waals surface area contributed by atoms with Crippen molar-refractivity contribution in [3.8, 4) is 0 Å². The standard InChI is InChI=1S/C17H25ClN4O2/c1-4-21(5-2)12(3)6-7-14(23)13-10-15(18)20-16(11-13)22-9-8-19-17(22)24/h10-12H,4-9H2,1-3H3,(H,19,24)/t12-/m0/s1. The molecule has 1 aliphatic heterocycles. The van der Waals surface area contributed by atoms with E-state index >= 15 is 0 Å². The number of urea groups is 1. The van der Waals surface area contributed by atoms with E-state index in [1.807, 2.05) is 0 Å². The van der Waals surface area contributed by atoms with Gasteiger partial charge in [0.25, 0.3) is 0 Å². The molecule has 0 saturated carbocycles. The van der Waals surface area contributed by atoms with Gasteiger partial charge in [-0.1, -0.05) is 25.4 Å². The van der Waals surface area contributed by atoms with Gasteiger partial charge in [-0.2, -0.15) is 0 Å². The van der Waals surface area contributed by atoms with Gasteiger partial charge in [0.15, 0.2) is 5.78 Å². The van der Waals surface area contributed by atoms with Crippen LogP contribution in [0.2, 0.25) is 5.15 Å². The quantitative estimate of drug-likeness (QED) is 0.577. The van der Waals surface area contributed by atoms with E-state index in [4.69, 9.17) is 11.6 Å². The Labute approximate surface area is 148 Å². The van der Waals surface area contributed by atoms with Crippen LogP contribution in [0.4, 0.5) is 10.6 Å². The van der Waals surface area contributed by atoms with Crippen molar-refractivity contribution in [2.24, 2.45) is 0 Å². The van der Waals surface area contributed by atoms with Gasteiger partial charge in [-0.15, -0.1) is 0 Å². The lowest BCUT2D eigenvalue weighted by Gasteiger charge is -2.26. The van der Waals surface area contributed by atoms with Crippen molar-refractivity contribution in [2.45, 2.75) is 39.7 Å². The molecule has 7 heteroatoms. The molecule has 0 unspecified atom stereocenters. The van der Waals surface area contributed by atoms with E-state index in [0.717, 1.165) is 19.5 Å². The number of anilines is 1. The summed E-state index contributed by atoms with van der Waals surface area (Å²) in [5.41, 5.74) is 0.511. The van der Waals surface area contributed by atoms with Crippen LogP contribution in [0, 0.1) is 0 Å². The second-order valence-electron chi connectivity index (χ2n) is 5.95. The number of rotatable bonds is 8. The molecule has 1 aliphatic rings. The molecule has 0 spiro atoms. The first kappa shape index (κ1) is 18.7. The number of amides is 2. The van der Waals surface area contributed by atoms with Crippen molar-refractivity contribution >= 4 is 29.2 Å². The molecule has 24 heavy (non-hydrogen) atoms. The normalized spacial score (nSPS) is 15.7. The molecule has 1 saturated heterocycles. The smallest absolute Gasteiger partial charge is 0.323 e. The lowest BCUT2D eigenvalue weighted by molar-refractivity contribution is 0.0964. The highest BCUT2D eigenvalue weighted by atomic mass is 35.5. The summed E-state index contributed by atoms with van der Waals surface area (Å²) in [6.45, 7) is 9.42. The number of halogens is 1. The van der Waals surface area contributed by atoms with Crippen molar-refractivity contribution in [2.75, 3.05) is 31.1 Å². The lowest BCUT2D eigenvalue weighted by atomic mass is 10.0. The number of aromatic nitrogens is 1. The van der Waals surface area contributed by atoms with Gasteiger partial charge >= 0.3 is 6.03 Å². The van der Waals surface area contributed by atoms with E-state index in [1.54, 1.807) is 12.1 Å². The Morgan fingerprint density at radius 3 is 2.71 bits per heavy atom. The van der Waals surface area contributed by atoms with Gasteiger partial charge in [-0.3, -0.25) is 9.69 Å². The summed E-state index contributed by atoms with van der Waals surface area (Å²) in [6, 6.07) is 3.37. The average Bonchev–Trinajstić information content (AvgIpc) is 2.99. The van der Waals surface area contributed by atoms with E-state index < -0.39 is 0 Å². The lowest BCUT2D eigenvalue weighted by Crippen LogP contribution is -2.33. The van der Waals surface area contributed by atoms with Crippen LogP contribution in [-0.4, -0.2) is 53.9 Å². The number of Topliss-reactive ketones (excluding diaryl/α,β-unsaturated/α-hetero) is 1. The summed E-state index contributed by atoms with van der Waals surface area (Å²) in [6.07, 6.45) is 1.24. The second kappa shape index (κ2) is 8.44. The van der Waals surface area contributed by atoms with Gasteiger partial charge in [-0.05, 0) is 38.6 Å². The van der Waals surface area contributed by atoms with Crippen LogP contribution >= 0.6 is 11.6 Å². The number of hydrogen-bond donors (Lipinski definition) is 1. The van der Waals surface area contributed by atoms with Crippen molar-refractivity contribution in [3.63, 3.8) is 0 Å². The topological polar surface area (TPSA) is 65.5 Å². The summed E-state index contributed by atoms with van der Waals surface area (Å²) in [5.74, 6) is 0.455. The van der Waals surface area contributed by atoms with Gasteiger partial charge in [-0.25, -0.2) is 9.78 Å². The molecule has 1 aromatic heterocycles. The predicted octanol–water partition coefficient (Wildman–Crippen LogP) is 2.96. The zero-order valence-corrected chi connectivity index (χ0v) is 15.3. The van der Waals surface area contributed by atoms with Crippen LogP contribution in [0.3, 0.4) is 0 Å². The molecule has 0 aliphatic carbocycles. The molecule has 0 aromatic carbocycles. The fourth-order valence-electron chi connectivity index (χ4n) is 2.99. The SMILES string of the molecule is CCN(CC)[C@@H](C)CCC(=O)c1cc(Cl)nc(N2CCNC2=O)c1. The first-order valence-corrected chi connectivity index (χ1v) is 8.84. The highest BCUT2D eigenvalue weighted by molar-refractivity contribution is 6.30. The number of ketones is 1. The number of pyridine rings is 1. The summed E-state index contributed by atoms with van der Waals surface area (Å²) >= 11 is 6.05. The number of hydrogen-bond acceptors (Lipinski definition) is 4. The van der Waals surface area contributed by atoms with Gasteiger partial charge in [0.1, 0.15) is 11.0 Å². The van der Waals surface area contributed by atoms with Crippen molar-refractivity contribution in [1.29, 1.82) is 0 Å². The van der Waals surface area contributed by atoms with E-state index in [0.29, 0.717) is 36.9 Å². The van der Waals surface area contributed by atoms with Crippen LogP contribution in [0.5, 0.6) is 0 Å². The molecular weight excluding hydrogens is 328 g/mol. The highest BCUT2D eigenvalue weighted by Crippen LogP contribution is 2.21. The first-order valence-electron chi connectivity index (χ1n) is 8.46. The molecule has 0 radical (unpaired) electrons. The third-order valence-electron chi connectivity index (χ3n) is 4.46. The highest BCUT2D eigenvalue weighted by Gasteiger charge is 2.24. The molecule has 6 nitrogen and oxygen atoms in total. The molecule has 2 rings (SSSR count). The summed E-state index contributed by atoms with van der Waals surface area (Å²) < 4.78 is 0. The minimum Gasteiger partial charge on any atom is -0.336 e. The van der Waals surface area contributed by atoms with Crippen molar-refractivity contribution in [1.82, 2.24) is 15.2 Å². The maximum Gasteiger partial charge on any atom is 0.323 e. The summed E-state index contributed by atoms with van der Waals surface area (Å²) in [5, 5.41) is 2.94. The molecule has 132 valence electrons. The van der Waals surface area contributed by atoms with Gasteiger partial charge in [0.2, 0.25) is 0 Å². The molecule has 1 N–H and O–H groups in total. The second-order valence-corrected chi connectivity index (χ2v) is 6.34. The minimum absolute atomic E-state index is 0.0270. The molecule has 2 heterocycles. The first-order chi connectivity index (χ1) is 11.5. The molecule has 1 fully saturated rings. The van der Waals surface area contributed by atoms with Crippen LogP contribution in [-0.2, 0) is 0 Å². The summed E-state index contributed by atoms with van der Waals surface area (Å²) in [4.78, 5) is 32.3. The van der Waals surface area contributed by atoms with Crippen molar-refractivity contribution < 1.29 is 9.59 Å². The Morgan fingerprint density at radius 1 is 1.42 bits per heavy atom. The van der Waals surface area contributed by atoms with Gasteiger partial charge in [0.05, 0.1) is 0 Å². The van der Waals surface area contributed by atoms with E-state index in [-0.39, 0.29) is 17.0 Å². The average molecular weight is 353 g/mol. The minimum atomic E-state index is -0.210. The zero-order chi connectivity index (χ0) is 17.7.